The van der Waals surface area contributed by atoms with Crippen molar-refractivity contribution in [3.05, 3.63) is 165 Å². The van der Waals surface area contributed by atoms with Gasteiger partial charge in [-0.1, -0.05) is 41.9 Å². The number of aliphatic hydroxyl groups excluding tert-OH is 1. The number of rotatable bonds is 1. The molecule has 0 fully saturated rings. The van der Waals surface area contributed by atoms with Crippen LogP contribution >= 0.6 is 11.6 Å². The van der Waals surface area contributed by atoms with Gasteiger partial charge in [-0.05, 0) is 112 Å². The molecule has 428 valence electrons. The highest BCUT2D eigenvalue weighted by atomic mass is 35.5. The fourth-order valence-electron chi connectivity index (χ4n) is 10.2. The van der Waals surface area contributed by atoms with Gasteiger partial charge in [-0.3, -0.25) is 28.8 Å². The van der Waals surface area contributed by atoms with Crippen LogP contribution in [0.15, 0.2) is 121 Å². The molecular formula is C58H46ClN7O18. The van der Waals surface area contributed by atoms with E-state index in [0.717, 1.165) is 60.7 Å². The largest absolute Gasteiger partial charge is 0.508 e. The SMILES string of the molecule is N[C@H]1C(=O)N[C@H]2Cc3ccc(cc3)Oc3cc4cc(c3O)Oc3ccc(cc3Cl)[C@@H](O)[C@@H]3NC(=O)[C@H](NC(=O)[C@@H]4NC(=O)[C@@H](NC2=O)c2cc(O)cc(c2)Oc2cc1ccc2O)c1ccc(O)c(c1)-c1c(O)cc(O)cc1[C@@H](C(=O)O)NC3=O. The molecule has 6 heterocycles. The normalized spacial score (nSPS) is 22.1. The number of carboxylic acids is 1. The highest BCUT2D eigenvalue weighted by molar-refractivity contribution is 6.32. The molecule has 6 aliphatic rings. The number of benzene rings is 7. The van der Waals surface area contributed by atoms with Gasteiger partial charge in [0.1, 0.15) is 82.6 Å². The summed E-state index contributed by atoms with van der Waals surface area (Å²) in [6, 6.07) is 10.3. The number of nitrogens with two attached hydrogens (primary N) is 1. The lowest BCUT2D eigenvalue weighted by Crippen LogP contribution is -2.55. The van der Waals surface area contributed by atoms with Crippen LogP contribution in [-0.2, 0) is 40.0 Å². The van der Waals surface area contributed by atoms with Crippen LogP contribution in [0.5, 0.6) is 69.0 Å². The molecule has 84 heavy (non-hydrogen) atoms. The van der Waals surface area contributed by atoms with Crippen LogP contribution < -0.4 is 51.8 Å². The first-order valence-electron chi connectivity index (χ1n) is 25.4. The zero-order valence-electron chi connectivity index (χ0n) is 43.0. The molecule has 0 unspecified atom stereocenters. The number of phenolic OH excluding ortho intramolecular Hbond substituents is 6. The predicted molar refractivity (Wildman–Crippen MR) is 290 cm³/mol. The van der Waals surface area contributed by atoms with Gasteiger partial charge in [0.25, 0.3) is 0 Å². The Morgan fingerprint density at radius 2 is 1.10 bits per heavy atom. The molecule has 26 heteroatoms. The standard InChI is InChI=1S/C58H46ClN7O18/c59-34-15-25-5-10-39(34)84-42-18-27-17-41(51(42)73)82-30-6-1-22(2-7-30)11-35-52(74)62-46(26-12-28(67)19-31(13-26)83-40-16-23(3-9-37(40)70)44(60)53(75)61-35)55(77)64-47(27)56(78)63-45-24-4-8-36(69)32(14-24)43-33(20-29(68)21-38(43)71)48(58(80)81)65-57(79)49(50(25)72)66-54(45)76/h1-10,12-21,35,44-50,67-73H,11,60H2,(H,61,75)(H,62,74)(H,63,78)(H,64,77)(H,65,79)(H,66,76)(H,80,81)/t35-,44+,45+,46-,47+,48-,49-,50+/m0/s1. The number of hydrogen-bond donors (Lipinski definition) is 15. The first-order valence-corrected chi connectivity index (χ1v) is 25.8. The number of carboxylic acid groups (broad SMARTS) is 1. The number of carbonyl (C=O) groups excluding carboxylic acids is 6. The molecule has 7 aromatic rings. The number of phenols is 6. The molecule has 6 amide bonds. The molecule has 6 aliphatic heterocycles. The Labute approximate surface area is 477 Å². The van der Waals surface area contributed by atoms with Crippen molar-refractivity contribution in [2.24, 2.45) is 5.73 Å². The van der Waals surface area contributed by atoms with Crippen LogP contribution in [0.1, 0.15) is 75.3 Å². The van der Waals surface area contributed by atoms with Gasteiger partial charge < -0.3 is 92.7 Å². The van der Waals surface area contributed by atoms with Crippen LogP contribution in [0.4, 0.5) is 0 Å². The summed E-state index contributed by atoms with van der Waals surface area (Å²) >= 11 is 6.80. The summed E-state index contributed by atoms with van der Waals surface area (Å²) in [6.07, 6.45) is -2.37. The molecule has 8 atom stereocenters. The van der Waals surface area contributed by atoms with Crippen LogP contribution in [0.3, 0.4) is 0 Å². The third kappa shape index (κ3) is 10.6. The minimum absolute atomic E-state index is 0.0449. The van der Waals surface area contributed by atoms with Gasteiger partial charge in [0, 0.05) is 35.2 Å². The number of ether oxygens (including phenoxy) is 3. The topological polar surface area (TPSA) is 407 Å². The van der Waals surface area contributed by atoms with Crippen molar-refractivity contribution in [3.8, 4) is 80.1 Å². The first-order chi connectivity index (χ1) is 40.1. The summed E-state index contributed by atoms with van der Waals surface area (Å²) in [7, 11) is 0. The minimum atomic E-state index is -2.18. The second kappa shape index (κ2) is 21.6. The fourth-order valence-corrected chi connectivity index (χ4v) is 10.4. The third-order valence-corrected chi connectivity index (χ3v) is 14.7. The number of fused-ring (bicyclic) bond motifs is 14. The highest BCUT2D eigenvalue weighted by Gasteiger charge is 2.41. The molecule has 7 aromatic carbocycles. The molecule has 0 radical (unpaired) electrons. The summed E-state index contributed by atoms with van der Waals surface area (Å²) in [5.41, 5.74) is 4.66. The molecule has 0 aromatic heterocycles. The number of aromatic hydroxyl groups is 6. The average molecular weight is 1160 g/mol. The van der Waals surface area contributed by atoms with E-state index in [1.165, 1.54) is 60.7 Å². The number of nitrogens with one attached hydrogen (secondary N) is 6. The van der Waals surface area contributed by atoms with Gasteiger partial charge in [-0.2, -0.15) is 0 Å². The minimum Gasteiger partial charge on any atom is -0.508 e. The molecular weight excluding hydrogens is 1120 g/mol. The van der Waals surface area contributed by atoms with Crippen LogP contribution in [0.25, 0.3) is 11.1 Å². The lowest BCUT2D eigenvalue weighted by atomic mass is 9.89. The average Bonchev–Trinajstić information content (AvgIpc) is 1.75. The van der Waals surface area contributed by atoms with E-state index < -0.39 is 152 Å². The van der Waals surface area contributed by atoms with Gasteiger partial charge in [-0.25, -0.2) is 4.79 Å². The summed E-state index contributed by atoms with van der Waals surface area (Å²) < 4.78 is 18.4. The maximum absolute atomic E-state index is 15.6. The van der Waals surface area contributed by atoms with E-state index in [4.69, 9.17) is 31.5 Å². The summed E-state index contributed by atoms with van der Waals surface area (Å²) in [5.74, 6) is -14.3. The summed E-state index contributed by atoms with van der Waals surface area (Å²) in [4.78, 5) is 103. The summed E-state index contributed by atoms with van der Waals surface area (Å²) in [5, 5.41) is 105. The lowest BCUT2D eigenvalue weighted by molar-refractivity contribution is -0.143. The lowest BCUT2D eigenvalue weighted by Gasteiger charge is -2.31. The van der Waals surface area contributed by atoms with E-state index in [1.807, 2.05) is 0 Å². The van der Waals surface area contributed by atoms with Crippen molar-refractivity contribution in [3.63, 3.8) is 0 Å². The van der Waals surface area contributed by atoms with Crippen molar-refractivity contribution in [2.45, 2.75) is 54.8 Å². The Kier molecular flexibility index (Phi) is 14.2. The molecule has 16 N–H and O–H groups in total. The van der Waals surface area contributed by atoms with E-state index in [2.05, 4.69) is 31.9 Å². The summed E-state index contributed by atoms with van der Waals surface area (Å²) in [6.45, 7) is 0. The molecule has 13 rings (SSSR count). The zero-order chi connectivity index (χ0) is 59.6. The van der Waals surface area contributed by atoms with Crippen molar-refractivity contribution in [2.75, 3.05) is 0 Å². The van der Waals surface area contributed by atoms with Gasteiger partial charge in [0.2, 0.25) is 41.2 Å². The molecule has 25 nitrogen and oxygen atoms in total. The van der Waals surface area contributed by atoms with Crippen molar-refractivity contribution in [1.82, 2.24) is 31.9 Å². The maximum atomic E-state index is 15.6. The van der Waals surface area contributed by atoms with Gasteiger partial charge in [-0.15, -0.1) is 0 Å². The van der Waals surface area contributed by atoms with E-state index >= 15 is 14.4 Å². The van der Waals surface area contributed by atoms with Crippen molar-refractivity contribution < 1.29 is 88.6 Å². The van der Waals surface area contributed by atoms with Crippen LogP contribution in [-0.4, -0.2) is 94.3 Å². The van der Waals surface area contributed by atoms with E-state index in [-0.39, 0.29) is 62.3 Å². The molecule has 17 bridgehead atoms. The smallest absolute Gasteiger partial charge is 0.330 e. The molecule has 0 aliphatic carbocycles. The second-order valence-electron chi connectivity index (χ2n) is 20.0. The van der Waals surface area contributed by atoms with Gasteiger partial charge >= 0.3 is 5.97 Å². The van der Waals surface area contributed by atoms with Crippen molar-refractivity contribution >= 4 is 53.0 Å². The van der Waals surface area contributed by atoms with Gasteiger partial charge in [0.15, 0.2) is 29.0 Å². The Hall–Kier alpha value is -10.8. The Bertz CT molecular complexity index is 3960. The van der Waals surface area contributed by atoms with Crippen molar-refractivity contribution in [1.29, 1.82) is 0 Å². The monoisotopic (exact) mass is 1160 g/mol. The quantitative estimate of drug-likeness (QED) is 0.109. The van der Waals surface area contributed by atoms with Crippen LogP contribution in [0, 0.1) is 0 Å². The Morgan fingerprint density at radius 3 is 1.80 bits per heavy atom. The molecule has 0 spiro atoms. The van der Waals surface area contributed by atoms with E-state index in [0.29, 0.717) is 5.56 Å². The Morgan fingerprint density at radius 1 is 0.500 bits per heavy atom. The maximum Gasteiger partial charge on any atom is 0.330 e. The van der Waals surface area contributed by atoms with Gasteiger partial charge in [0.05, 0.1) is 5.02 Å². The van der Waals surface area contributed by atoms with E-state index in [1.54, 1.807) is 0 Å². The van der Waals surface area contributed by atoms with E-state index in [9.17, 15) is 60.0 Å². The fraction of sp³-hybridized carbons (Fsp3) is 0.155. The number of carbonyl (C=O) groups is 7. The second-order valence-corrected chi connectivity index (χ2v) is 20.4. The van der Waals surface area contributed by atoms with Crippen LogP contribution in [0.2, 0.25) is 5.02 Å². The molecule has 0 saturated heterocycles. The Balaban J connectivity index is 1.13. The zero-order valence-corrected chi connectivity index (χ0v) is 43.7. The third-order valence-electron chi connectivity index (χ3n) is 14.4. The number of aliphatic carboxylic acids is 1. The number of hydrogen-bond acceptors (Lipinski definition) is 18. The number of aliphatic hydroxyl groups is 1. The predicted octanol–water partition coefficient (Wildman–Crippen LogP) is 4.33. The molecule has 0 saturated carbocycles. The highest BCUT2D eigenvalue weighted by Crippen LogP contribution is 2.47. The first kappa shape index (κ1) is 55.2. The number of amides is 6. The number of halogens is 1.